The molecule has 4 heteroatoms. The van der Waals surface area contributed by atoms with Crippen LogP contribution in [0.15, 0.2) is 24.3 Å². The maximum Gasteiger partial charge on any atom is 0.147 e. The third-order valence-electron chi connectivity index (χ3n) is 4.95. The molecule has 0 unspecified atom stereocenters. The molecule has 4 rings (SSSR count). The van der Waals surface area contributed by atoms with Gasteiger partial charge in [-0.25, -0.2) is 0 Å². The highest BCUT2D eigenvalue weighted by atomic mass is 15.3. The lowest BCUT2D eigenvalue weighted by atomic mass is 9.86. The second-order valence-electron chi connectivity index (χ2n) is 6.11. The van der Waals surface area contributed by atoms with Crippen LogP contribution in [0.2, 0.25) is 0 Å². The largest absolute Gasteiger partial charge is 0.313 e. The molecule has 110 valence electrons. The Balaban J connectivity index is 1.62. The molecule has 2 heterocycles. The van der Waals surface area contributed by atoms with Crippen LogP contribution in [0.25, 0.3) is 0 Å². The topological polar surface area (TPSA) is 34.0 Å². The van der Waals surface area contributed by atoms with Gasteiger partial charge in [0.2, 0.25) is 0 Å². The van der Waals surface area contributed by atoms with E-state index in [1.807, 2.05) is 0 Å². The van der Waals surface area contributed by atoms with Crippen LogP contribution in [-0.4, -0.2) is 26.2 Å². The first-order valence-corrected chi connectivity index (χ1v) is 8.09. The lowest BCUT2D eigenvalue weighted by molar-refractivity contribution is 0.137. The van der Waals surface area contributed by atoms with Gasteiger partial charge in [0, 0.05) is 25.6 Å². The highest BCUT2D eigenvalue weighted by molar-refractivity contribution is 5.32. The van der Waals surface area contributed by atoms with Crippen molar-refractivity contribution in [3.8, 4) is 0 Å². The summed E-state index contributed by atoms with van der Waals surface area (Å²) in [7, 11) is 0. The predicted octanol–water partition coefficient (Wildman–Crippen LogP) is 2.73. The average molecular weight is 282 g/mol. The van der Waals surface area contributed by atoms with E-state index in [9.17, 15) is 0 Å². The molecule has 0 fully saturated rings. The van der Waals surface area contributed by atoms with Crippen LogP contribution < -0.4 is 0 Å². The van der Waals surface area contributed by atoms with Crippen molar-refractivity contribution >= 4 is 0 Å². The Hall–Kier alpha value is -1.68. The van der Waals surface area contributed by atoms with Crippen molar-refractivity contribution in [2.75, 3.05) is 6.54 Å². The Morgan fingerprint density at radius 2 is 2.10 bits per heavy atom. The zero-order valence-electron chi connectivity index (χ0n) is 12.6. The van der Waals surface area contributed by atoms with E-state index in [1.54, 1.807) is 0 Å². The number of aromatic nitrogens is 3. The molecule has 1 aromatic carbocycles. The third kappa shape index (κ3) is 2.18. The van der Waals surface area contributed by atoms with E-state index in [0.29, 0.717) is 6.04 Å². The van der Waals surface area contributed by atoms with Crippen molar-refractivity contribution in [1.82, 2.24) is 19.7 Å². The summed E-state index contributed by atoms with van der Waals surface area (Å²) < 4.78 is 2.31. The highest BCUT2D eigenvalue weighted by Gasteiger charge is 2.29. The van der Waals surface area contributed by atoms with Gasteiger partial charge in [0.05, 0.1) is 6.54 Å². The summed E-state index contributed by atoms with van der Waals surface area (Å²) in [5, 5.41) is 8.73. The number of hydrogen-bond acceptors (Lipinski definition) is 3. The van der Waals surface area contributed by atoms with Gasteiger partial charge in [0.15, 0.2) is 0 Å². The van der Waals surface area contributed by atoms with Gasteiger partial charge in [-0.3, -0.25) is 4.90 Å². The molecule has 1 aliphatic heterocycles. The third-order valence-corrected chi connectivity index (χ3v) is 4.95. The normalized spacial score (nSPS) is 21.9. The number of benzene rings is 1. The highest BCUT2D eigenvalue weighted by Crippen LogP contribution is 2.35. The lowest BCUT2D eigenvalue weighted by Gasteiger charge is -2.38. The van der Waals surface area contributed by atoms with Gasteiger partial charge >= 0.3 is 0 Å². The van der Waals surface area contributed by atoms with Gasteiger partial charge in [0.25, 0.3) is 0 Å². The minimum atomic E-state index is 0.561. The van der Waals surface area contributed by atoms with E-state index in [-0.39, 0.29) is 0 Å². The molecule has 0 spiro atoms. The molecule has 0 saturated heterocycles. The predicted molar refractivity (Wildman–Crippen MR) is 81.9 cm³/mol. The van der Waals surface area contributed by atoms with Gasteiger partial charge in [-0.2, -0.15) is 0 Å². The fraction of sp³-hybridized carbons (Fsp3) is 0.529. The molecule has 0 amide bonds. The van der Waals surface area contributed by atoms with Crippen molar-refractivity contribution in [2.24, 2.45) is 0 Å². The Morgan fingerprint density at radius 1 is 1.19 bits per heavy atom. The molecule has 0 saturated carbocycles. The first-order chi connectivity index (χ1) is 10.4. The fourth-order valence-corrected chi connectivity index (χ4v) is 3.87. The monoisotopic (exact) mass is 282 g/mol. The van der Waals surface area contributed by atoms with Crippen LogP contribution >= 0.6 is 0 Å². The van der Waals surface area contributed by atoms with Crippen molar-refractivity contribution in [3.05, 3.63) is 47.0 Å². The average Bonchev–Trinajstić information content (AvgIpc) is 2.96. The maximum absolute atomic E-state index is 4.40. The van der Waals surface area contributed by atoms with Gasteiger partial charge < -0.3 is 4.57 Å². The van der Waals surface area contributed by atoms with Crippen LogP contribution in [0.3, 0.4) is 0 Å². The van der Waals surface area contributed by atoms with Crippen molar-refractivity contribution in [1.29, 1.82) is 0 Å². The second-order valence-corrected chi connectivity index (χ2v) is 6.11. The maximum atomic E-state index is 4.40. The summed E-state index contributed by atoms with van der Waals surface area (Å²) in [6.45, 7) is 5.23. The van der Waals surface area contributed by atoms with Crippen LogP contribution in [-0.2, 0) is 25.9 Å². The zero-order chi connectivity index (χ0) is 14.2. The van der Waals surface area contributed by atoms with Gasteiger partial charge in [-0.05, 0) is 30.4 Å². The second kappa shape index (κ2) is 5.26. The molecule has 4 nitrogen and oxygen atoms in total. The SMILES string of the molecule is CCc1nnc2n1CCN([C@@H]1CCCc3ccccc31)C2. The lowest BCUT2D eigenvalue weighted by Crippen LogP contribution is -2.38. The fourth-order valence-electron chi connectivity index (χ4n) is 3.87. The van der Waals surface area contributed by atoms with Gasteiger partial charge in [0.1, 0.15) is 11.6 Å². The minimum Gasteiger partial charge on any atom is -0.313 e. The quantitative estimate of drug-likeness (QED) is 0.849. The van der Waals surface area contributed by atoms with E-state index in [0.717, 1.165) is 37.7 Å². The van der Waals surface area contributed by atoms with Crippen molar-refractivity contribution in [3.63, 3.8) is 0 Å². The van der Waals surface area contributed by atoms with Crippen LogP contribution in [0.5, 0.6) is 0 Å². The molecule has 0 bridgehead atoms. The van der Waals surface area contributed by atoms with Crippen LogP contribution in [0.4, 0.5) is 0 Å². The van der Waals surface area contributed by atoms with Gasteiger partial charge in [-0.1, -0.05) is 31.2 Å². The molecular weight excluding hydrogens is 260 g/mol. The first kappa shape index (κ1) is 13.0. The minimum absolute atomic E-state index is 0.561. The van der Waals surface area contributed by atoms with E-state index >= 15 is 0 Å². The number of aryl methyl sites for hydroxylation is 2. The summed E-state index contributed by atoms with van der Waals surface area (Å²) >= 11 is 0. The number of fused-ring (bicyclic) bond motifs is 2. The van der Waals surface area contributed by atoms with Crippen LogP contribution in [0, 0.1) is 0 Å². The number of rotatable bonds is 2. The standard InChI is InChI=1S/C17H22N4/c1-2-16-18-19-17-12-20(10-11-21(16)17)15-9-5-7-13-6-3-4-8-14(13)15/h3-4,6,8,15H,2,5,7,9-12H2,1H3/t15-/m1/s1. The Morgan fingerprint density at radius 3 is 3.00 bits per heavy atom. The molecule has 1 aromatic heterocycles. The van der Waals surface area contributed by atoms with E-state index < -0.39 is 0 Å². The van der Waals surface area contributed by atoms with Crippen LogP contribution in [0.1, 0.15) is 48.6 Å². The Bertz CT molecular complexity index is 646. The van der Waals surface area contributed by atoms with Gasteiger partial charge in [-0.15, -0.1) is 10.2 Å². The molecule has 0 radical (unpaired) electrons. The summed E-state index contributed by atoms with van der Waals surface area (Å²) in [5.41, 5.74) is 3.07. The van der Waals surface area contributed by atoms with E-state index in [2.05, 4.69) is 50.9 Å². The summed E-state index contributed by atoms with van der Waals surface area (Å²) in [5.74, 6) is 2.27. The number of hydrogen-bond donors (Lipinski definition) is 0. The number of nitrogens with zero attached hydrogens (tertiary/aromatic N) is 4. The molecule has 2 aliphatic rings. The Kier molecular flexibility index (Phi) is 3.26. The smallest absolute Gasteiger partial charge is 0.147 e. The van der Waals surface area contributed by atoms with Crippen molar-refractivity contribution < 1.29 is 0 Å². The summed E-state index contributed by atoms with van der Waals surface area (Å²) in [6, 6.07) is 9.52. The summed E-state index contributed by atoms with van der Waals surface area (Å²) in [4.78, 5) is 2.60. The Labute approximate surface area is 125 Å². The molecule has 21 heavy (non-hydrogen) atoms. The molecule has 2 aromatic rings. The zero-order valence-corrected chi connectivity index (χ0v) is 12.6. The van der Waals surface area contributed by atoms with E-state index in [4.69, 9.17) is 0 Å². The first-order valence-electron chi connectivity index (χ1n) is 8.09. The summed E-state index contributed by atoms with van der Waals surface area (Å²) in [6.07, 6.45) is 4.77. The molecule has 0 N–H and O–H groups in total. The van der Waals surface area contributed by atoms with E-state index in [1.165, 1.54) is 30.4 Å². The molecule has 1 aliphatic carbocycles. The molecule has 1 atom stereocenters. The molecular formula is C17H22N4. The van der Waals surface area contributed by atoms with Crippen molar-refractivity contribution in [2.45, 2.75) is 51.7 Å².